The number of halogens is 1. The molecule has 2 rings (SSSR count). The second-order valence-electron chi connectivity index (χ2n) is 4.42. The third-order valence-corrected chi connectivity index (χ3v) is 3.33. The molecule has 0 fully saturated rings. The lowest BCUT2D eigenvalue weighted by molar-refractivity contribution is 0.800. The van der Waals surface area contributed by atoms with E-state index in [1.54, 1.807) is 6.20 Å². The van der Waals surface area contributed by atoms with Crippen molar-refractivity contribution in [1.82, 2.24) is 9.97 Å². The summed E-state index contributed by atoms with van der Waals surface area (Å²) in [5, 5.41) is 0. The number of nitrogens with zero attached hydrogens (tertiary/aromatic N) is 3. The number of rotatable bonds is 5. The lowest BCUT2D eigenvalue weighted by Crippen LogP contribution is -2.23. The number of anilines is 1. The van der Waals surface area contributed by atoms with Crippen molar-refractivity contribution in [2.45, 2.75) is 26.3 Å². The molecule has 0 aliphatic heterocycles. The normalized spacial score (nSPS) is 10.5. The summed E-state index contributed by atoms with van der Waals surface area (Å²) >= 11 is 5.98. The Balaban J connectivity index is 2.25. The number of aromatic nitrogens is 2. The molecule has 2 aromatic heterocycles. The Labute approximate surface area is 119 Å². The highest BCUT2D eigenvalue weighted by atomic mass is 35.5. The molecule has 0 aliphatic carbocycles. The fraction of sp³-hybridized carbons (Fsp3) is 0.333. The maximum absolute atomic E-state index is 5.98. The minimum absolute atomic E-state index is 0.473. The highest BCUT2D eigenvalue weighted by Crippen LogP contribution is 2.22. The summed E-state index contributed by atoms with van der Waals surface area (Å²) in [6.45, 7) is 5.83. The zero-order chi connectivity index (χ0) is 13.7. The van der Waals surface area contributed by atoms with E-state index in [4.69, 9.17) is 11.6 Å². The average molecular weight is 276 g/mol. The van der Waals surface area contributed by atoms with E-state index in [2.05, 4.69) is 27.9 Å². The standard InChI is InChI=1S/C15H18ClN3/c1-3-19(11-14-6-4-5-12(2)18-14)15-7-8-17-10-13(15)9-16/h4-8,10H,3,9,11H2,1-2H3. The van der Waals surface area contributed by atoms with E-state index < -0.39 is 0 Å². The summed E-state index contributed by atoms with van der Waals surface area (Å²) in [7, 11) is 0. The molecular formula is C15H18ClN3. The van der Waals surface area contributed by atoms with Gasteiger partial charge in [-0.1, -0.05) is 6.07 Å². The first-order valence-electron chi connectivity index (χ1n) is 6.41. The molecule has 0 atom stereocenters. The van der Waals surface area contributed by atoms with Crippen molar-refractivity contribution in [3.63, 3.8) is 0 Å². The molecule has 0 unspecified atom stereocenters. The van der Waals surface area contributed by atoms with E-state index in [1.165, 1.54) is 0 Å². The number of aryl methyl sites for hydroxylation is 1. The van der Waals surface area contributed by atoms with Gasteiger partial charge in [-0.05, 0) is 32.0 Å². The largest absolute Gasteiger partial charge is 0.366 e. The van der Waals surface area contributed by atoms with Crippen molar-refractivity contribution in [3.05, 3.63) is 53.6 Å². The molecule has 0 bridgehead atoms. The van der Waals surface area contributed by atoms with Crippen LogP contribution in [0.15, 0.2) is 36.7 Å². The van der Waals surface area contributed by atoms with Gasteiger partial charge in [0.2, 0.25) is 0 Å². The smallest absolute Gasteiger partial charge is 0.0602 e. The van der Waals surface area contributed by atoms with E-state index in [0.717, 1.165) is 35.7 Å². The van der Waals surface area contributed by atoms with Crippen LogP contribution in [-0.2, 0) is 12.4 Å². The van der Waals surface area contributed by atoms with Crippen molar-refractivity contribution in [2.75, 3.05) is 11.4 Å². The Morgan fingerprint density at radius 3 is 2.79 bits per heavy atom. The van der Waals surface area contributed by atoms with Crippen LogP contribution in [0.4, 0.5) is 5.69 Å². The molecule has 0 aliphatic rings. The van der Waals surface area contributed by atoms with Crippen molar-refractivity contribution in [2.24, 2.45) is 0 Å². The zero-order valence-corrected chi connectivity index (χ0v) is 12.1. The monoisotopic (exact) mass is 275 g/mol. The molecule has 0 aromatic carbocycles. The highest BCUT2D eigenvalue weighted by molar-refractivity contribution is 6.17. The van der Waals surface area contributed by atoms with Crippen LogP contribution >= 0.6 is 11.6 Å². The molecule has 2 aromatic rings. The van der Waals surface area contributed by atoms with Gasteiger partial charge in [0.1, 0.15) is 0 Å². The molecule has 0 saturated carbocycles. The highest BCUT2D eigenvalue weighted by Gasteiger charge is 2.10. The van der Waals surface area contributed by atoms with Crippen LogP contribution in [0.2, 0.25) is 0 Å². The Morgan fingerprint density at radius 1 is 1.26 bits per heavy atom. The van der Waals surface area contributed by atoms with Gasteiger partial charge >= 0.3 is 0 Å². The van der Waals surface area contributed by atoms with Gasteiger partial charge in [0.05, 0.1) is 18.1 Å². The SMILES string of the molecule is CCN(Cc1cccc(C)n1)c1ccncc1CCl. The maximum Gasteiger partial charge on any atom is 0.0602 e. The molecule has 3 nitrogen and oxygen atoms in total. The molecule has 0 saturated heterocycles. The van der Waals surface area contributed by atoms with E-state index in [1.807, 2.05) is 31.3 Å². The van der Waals surface area contributed by atoms with E-state index in [-0.39, 0.29) is 0 Å². The Bertz CT molecular complexity index is 542. The molecule has 100 valence electrons. The summed E-state index contributed by atoms with van der Waals surface area (Å²) in [6, 6.07) is 8.12. The predicted octanol–water partition coefficient (Wildman–Crippen LogP) is 3.55. The second kappa shape index (κ2) is 6.53. The Hall–Kier alpha value is -1.61. The summed E-state index contributed by atoms with van der Waals surface area (Å²) in [6.07, 6.45) is 3.63. The van der Waals surface area contributed by atoms with Crippen LogP contribution in [0.3, 0.4) is 0 Å². The zero-order valence-electron chi connectivity index (χ0n) is 11.3. The van der Waals surface area contributed by atoms with Gasteiger partial charge in [-0.3, -0.25) is 9.97 Å². The van der Waals surface area contributed by atoms with Crippen molar-refractivity contribution >= 4 is 17.3 Å². The average Bonchev–Trinajstić information content (AvgIpc) is 2.45. The van der Waals surface area contributed by atoms with Gasteiger partial charge < -0.3 is 4.90 Å². The van der Waals surface area contributed by atoms with Gasteiger partial charge in [0.15, 0.2) is 0 Å². The Kier molecular flexibility index (Phi) is 4.74. The summed E-state index contributed by atoms with van der Waals surface area (Å²) in [4.78, 5) is 10.9. The van der Waals surface area contributed by atoms with Crippen LogP contribution in [0.1, 0.15) is 23.9 Å². The van der Waals surface area contributed by atoms with Gasteiger partial charge in [-0.2, -0.15) is 0 Å². The van der Waals surface area contributed by atoms with Gasteiger partial charge in [0.25, 0.3) is 0 Å². The minimum atomic E-state index is 0.473. The third-order valence-electron chi connectivity index (χ3n) is 3.04. The number of alkyl halides is 1. The first-order chi connectivity index (χ1) is 9.24. The van der Waals surface area contributed by atoms with E-state index in [9.17, 15) is 0 Å². The number of hydrogen-bond acceptors (Lipinski definition) is 3. The first kappa shape index (κ1) is 13.8. The molecule has 0 amide bonds. The van der Waals surface area contributed by atoms with Crippen LogP contribution in [0, 0.1) is 6.92 Å². The fourth-order valence-corrected chi connectivity index (χ4v) is 2.29. The molecular weight excluding hydrogens is 258 g/mol. The van der Waals surface area contributed by atoms with Crippen molar-refractivity contribution in [3.8, 4) is 0 Å². The molecule has 2 heterocycles. The van der Waals surface area contributed by atoms with Crippen LogP contribution in [0.25, 0.3) is 0 Å². The number of hydrogen-bond donors (Lipinski definition) is 0. The van der Waals surface area contributed by atoms with E-state index >= 15 is 0 Å². The van der Waals surface area contributed by atoms with Gasteiger partial charge in [-0.15, -0.1) is 11.6 Å². The second-order valence-corrected chi connectivity index (χ2v) is 4.69. The molecule has 4 heteroatoms. The topological polar surface area (TPSA) is 29.0 Å². The third kappa shape index (κ3) is 3.44. The Morgan fingerprint density at radius 2 is 2.11 bits per heavy atom. The fourth-order valence-electron chi connectivity index (χ4n) is 2.08. The molecule has 0 N–H and O–H groups in total. The lowest BCUT2D eigenvalue weighted by Gasteiger charge is -2.24. The first-order valence-corrected chi connectivity index (χ1v) is 6.94. The van der Waals surface area contributed by atoms with Gasteiger partial charge in [0, 0.05) is 35.9 Å². The minimum Gasteiger partial charge on any atom is -0.366 e. The summed E-state index contributed by atoms with van der Waals surface area (Å²) < 4.78 is 0. The molecule has 0 spiro atoms. The maximum atomic E-state index is 5.98. The van der Waals surface area contributed by atoms with Gasteiger partial charge in [-0.25, -0.2) is 0 Å². The predicted molar refractivity (Wildman–Crippen MR) is 79.5 cm³/mol. The summed E-state index contributed by atoms with van der Waals surface area (Å²) in [5.41, 5.74) is 4.30. The summed E-state index contributed by atoms with van der Waals surface area (Å²) in [5.74, 6) is 0.473. The quantitative estimate of drug-likeness (QED) is 0.782. The van der Waals surface area contributed by atoms with Crippen LogP contribution in [-0.4, -0.2) is 16.5 Å². The van der Waals surface area contributed by atoms with E-state index in [0.29, 0.717) is 5.88 Å². The van der Waals surface area contributed by atoms with Crippen LogP contribution in [0.5, 0.6) is 0 Å². The lowest BCUT2D eigenvalue weighted by atomic mass is 10.2. The van der Waals surface area contributed by atoms with Crippen molar-refractivity contribution in [1.29, 1.82) is 0 Å². The van der Waals surface area contributed by atoms with Crippen molar-refractivity contribution < 1.29 is 0 Å². The molecule has 19 heavy (non-hydrogen) atoms. The van der Waals surface area contributed by atoms with Crippen LogP contribution < -0.4 is 4.90 Å². The molecule has 0 radical (unpaired) electrons. The number of pyridine rings is 2.